The molecule has 0 radical (unpaired) electrons. The second-order valence-corrected chi connectivity index (χ2v) is 9.15. The molecule has 4 rings (SSSR count). The zero-order valence-electron chi connectivity index (χ0n) is 17.5. The molecule has 2 aromatic rings. The number of nitrogens with zero attached hydrogens (tertiary/aromatic N) is 3. The van der Waals surface area contributed by atoms with E-state index in [4.69, 9.17) is 4.74 Å². The third kappa shape index (κ3) is 4.99. The number of nitrogens with one attached hydrogen (secondary N) is 1. The second kappa shape index (κ2) is 8.57. The van der Waals surface area contributed by atoms with Gasteiger partial charge in [-0.3, -0.25) is 4.90 Å². The van der Waals surface area contributed by atoms with E-state index in [-0.39, 0.29) is 12.1 Å². The summed E-state index contributed by atoms with van der Waals surface area (Å²) < 4.78 is 7.26. The lowest BCUT2D eigenvalue weighted by molar-refractivity contribution is 0.00289. The van der Waals surface area contributed by atoms with Gasteiger partial charge in [-0.05, 0) is 67.8 Å². The number of carbonyl (C=O) groups excluding carboxylic acids is 1. The van der Waals surface area contributed by atoms with E-state index in [1.165, 1.54) is 18.4 Å². The topological polar surface area (TPSA) is 59.4 Å². The monoisotopic (exact) mass is 396 g/mol. The van der Waals surface area contributed by atoms with E-state index in [0.717, 1.165) is 38.2 Å². The Morgan fingerprint density at radius 3 is 2.59 bits per heavy atom. The largest absolute Gasteiger partial charge is 0.449 e. The van der Waals surface area contributed by atoms with Crippen LogP contribution in [0.5, 0.6) is 0 Å². The number of ether oxygens (including phenoxy) is 1. The predicted octanol–water partition coefficient (Wildman–Crippen LogP) is 4.00. The van der Waals surface area contributed by atoms with Crippen LogP contribution >= 0.6 is 0 Å². The summed E-state index contributed by atoms with van der Waals surface area (Å²) in [6.45, 7) is 7.86. The van der Waals surface area contributed by atoms with E-state index in [1.807, 2.05) is 30.9 Å². The predicted molar refractivity (Wildman–Crippen MR) is 113 cm³/mol. The molecule has 156 valence electrons. The number of aromatic nitrogens is 2. The van der Waals surface area contributed by atoms with Crippen LogP contribution in [0, 0.1) is 11.3 Å². The molecule has 2 fully saturated rings. The molecule has 1 aliphatic heterocycles. The van der Waals surface area contributed by atoms with Crippen LogP contribution in [0.15, 0.2) is 43.0 Å². The Bertz CT molecular complexity index is 785. The Kier molecular flexibility index (Phi) is 5.90. The summed E-state index contributed by atoms with van der Waals surface area (Å²) in [6, 6.07) is 9.03. The highest BCUT2D eigenvalue weighted by Gasteiger charge is 2.46. The number of rotatable bonds is 6. The zero-order chi connectivity index (χ0) is 20.3. The average molecular weight is 397 g/mol. The SMILES string of the molecule is CC(C)COC(=O)NC1CC2(CCN(Cc3ccc(-n4ccnc4)cc3)CC2)C1. The molecule has 1 aromatic carbocycles. The third-order valence-electron chi connectivity index (χ3n) is 6.29. The van der Waals surface area contributed by atoms with Gasteiger partial charge in [-0.25, -0.2) is 9.78 Å². The first-order valence-corrected chi connectivity index (χ1v) is 10.7. The van der Waals surface area contributed by atoms with Crippen molar-refractivity contribution in [2.45, 2.75) is 52.1 Å². The van der Waals surface area contributed by atoms with Crippen molar-refractivity contribution in [1.29, 1.82) is 0 Å². The maximum absolute atomic E-state index is 11.8. The minimum atomic E-state index is -0.255. The molecule has 1 saturated heterocycles. The van der Waals surface area contributed by atoms with Gasteiger partial charge in [0.05, 0.1) is 12.9 Å². The van der Waals surface area contributed by atoms with Crippen LogP contribution in [0.25, 0.3) is 5.69 Å². The fourth-order valence-corrected chi connectivity index (χ4v) is 4.58. The van der Waals surface area contributed by atoms with Crippen molar-refractivity contribution in [2.75, 3.05) is 19.7 Å². The highest BCUT2D eigenvalue weighted by Crippen LogP contribution is 2.49. The molecule has 1 aliphatic carbocycles. The minimum absolute atomic E-state index is 0.255. The van der Waals surface area contributed by atoms with Crippen molar-refractivity contribution in [1.82, 2.24) is 19.8 Å². The second-order valence-electron chi connectivity index (χ2n) is 9.15. The van der Waals surface area contributed by atoms with E-state index in [0.29, 0.717) is 17.9 Å². The third-order valence-corrected chi connectivity index (χ3v) is 6.29. The van der Waals surface area contributed by atoms with Crippen LogP contribution in [0.1, 0.15) is 45.1 Å². The number of hydrogen-bond acceptors (Lipinski definition) is 4. The summed E-state index contributed by atoms with van der Waals surface area (Å²) in [5, 5.41) is 3.03. The normalized spacial score (nSPS) is 19.3. The van der Waals surface area contributed by atoms with E-state index >= 15 is 0 Å². The first-order chi connectivity index (χ1) is 14.0. The Balaban J connectivity index is 1.19. The van der Waals surface area contributed by atoms with Crippen LogP contribution in [-0.2, 0) is 11.3 Å². The average Bonchev–Trinajstić information content (AvgIpc) is 3.22. The Morgan fingerprint density at radius 1 is 1.24 bits per heavy atom. The van der Waals surface area contributed by atoms with Crippen molar-refractivity contribution in [3.8, 4) is 5.69 Å². The highest BCUT2D eigenvalue weighted by atomic mass is 16.5. The number of carbonyl (C=O) groups is 1. The number of benzene rings is 1. The Labute approximate surface area is 173 Å². The number of piperidine rings is 1. The van der Waals surface area contributed by atoms with Gasteiger partial charge >= 0.3 is 6.09 Å². The lowest BCUT2D eigenvalue weighted by Crippen LogP contribution is -2.54. The number of amides is 1. The van der Waals surface area contributed by atoms with Gasteiger partial charge < -0.3 is 14.6 Å². The summed E-state index contributed by atoms with van der Waals surface area (Å²) in [5.74, 6) is 0.375. The van der Waals surface area contributed by atoms with E-state index in [2.05, 4.69) is 39.5 Å². The summed E-state index contributed by atoms with van der Waals surface area (Å²) in [4.78, 5) is 18.5. The maximum Gasteiger partial charge on any atom is 0.407 e. The zero-order valence-corrected chi connectivity index (χ0v) is 17.5. The standard InChI is InChI=1S/C23H32N4O2/c1-18(2)16-29-22(28)25-20-13-23(14-20)7-10-26(11-8-23)15-19-3-5-21(6-4-19)27-12-9-24-17-27/h3-6,9,12,17-18,20H,7-8,10-11,13-16H2,1-2H3,(H,25,28). The Morgan fingerprint density at radius 2 is 1.97 bits per heavy atom. The van der Waals surface area contributed by atoms with Crippen molar-refractivity contribution < 1.29 is 9.53 Å². The van der Waals surface area contributed by atoms with Crippen molar-refractivity contribution in [2.24, 2.45) is 11.3 Å². The number of imidazole rings is 1. The molecular formula is C23H32N4O2. The van der Waals surface area contributed by atoms with Crippen LogP contribution in [0.3, 0.4) is 0 Å². The van der Waals surface area contributed by atoms with Crippen molar-refractivity contribution in [3.63, 3.8) is 0 Å². The molecule has 1 amide bonds. The quantitative estimate of drug-likeness (QED) is 0.802. The smallest absolute Gasteiger partial charge is 0.407 e. The first-order valence-electron chi connectivity index (χ1n) is 10.7. The van der Waals surface area contributed by atoms with Crippen molar-refractivity contribution >= 4 is 6.09 Å². The van der Waals surface area contributed by atoms with Gasteiger partial charge in [-0.2, -0.15) is 0 Å². The lowest BCUT2D eigenvalue weighted by Gasteiger charge is -2.52. The van der Waals surface area contributed by atoms with E-state index < -0.39 is 0 Å². The fourth-order valence-electron chi connectivity index (χ4n) is 4.58. The molecule has 1 aromatic heterocycles. The summed E-state index contributed by atoms with van der Waals surface area (Å²) in [7, 11) is 0. The molecule has 1 N–H and O–H groups in total. The van der Waals surface area contributed by atoms with Gasteiger partial charge in [0.15, 0.2) is 0 Å². The van der Waals surface area contributed by atoms with Crippen LogP contribution in [-0.4, -0.2) is 46.3 Å². The van der Waals surface area contributed by atoms with E-state index in [1.54, 1.807) is 6.20 Å². The summed E-state index contributed by atoms with van der Waals surface area (Å²) in [5.41, 5.74) is 2.92. The number of likely N-dealkylation sites (tertiary alicyclic amines) is 1. The molecule has 1 spiro atoms. The lowest BCUT2D eigenvalue weighted by atomic mass is 9.60. The molecule has 2 heterocycles. The Hall–Kier alpha value is -2.34. The molecule has 6 heteroatoms. The molecule has 0 unspecified atom stereocenters. The number of alkyl carbamates (subject to hydrolysis) is 1. The van der Waals surface area contributed by atoms with Crippen LogP contribution in [0.2, 0.25) is 0 Å². The van der Waals surface area contributed by atoms with Gasteiger partial charge in [0, 0.05) is 30.7 Å². The summed E-state index contributed by atoms with van der Waals surface area (Å²) >= 11 is 0. The van der Waals surface area contributed by atoms with Gasteiger partial charge in [0.1, 0.15) is 0 Å². The van der Waals surface area contributed by atoms with Crippen molar-refractivity contribution in [3.05, 3.63) is 48.5 Å². The molecule has 29 heavy (non-hydrogen) atoms. The van der Waals surface area contributed by atoms with Crippen LogP contribution < -0.4 is 5.32 Å². The minimum Gasteiger partial charge on any atom is -0.449 e. The molecule has 1 saturated carbocycles. The summed E-state index contributed by atoms with van der Waals surface area (Å²) in [6.07, 6.45) is 9.96. The van der Waals surface area contributed by atoms with Gasteiger partial charge in [0.2, 0.25) is 0 Å². The van der Waals surface area contributed by atoms with Gasteiger partial charge in [-0.1, -0.05) is 26.0 Å². The molecule has 6 nitrogen and oxygen atoms in total. The fraction of sp³-hybridized carbons (Fsp3) is 0.565. The molecule has 0 bridgehead atoms. The van der Waals surface area contributed by atoms with Gasteiger partial charge in [-0.15, -0.1) is 0 Å². The van der Waals surface area contributed by atoms with Crippen LogP contribution in [0.4, 0.5) is 4.79 Å². The highest BCUT2D eigenvalue weighted by molar-refractivity contribution is 5.67. The first kappa shape index (κ1) is 20.0. The van der Waals surface area contributed by atoms with E-state index in [9.17, 15) is 4.79 Å². The molecule has 2 aliphatic rings. The maximum atomic E-state index is 11.8. The molecule has 0 atom stereocenters. The van der Waals surface area contributed by atoms with Gasteiger partial charge in [0.25, 0.3) is 0 Å². The molecular weight excluding hydrogens is 364 g/mol. The number of hydrogen-bond donors (Lipinski definition) is 1.